The van der Waals surface area contributed by atoms with Crippen LogP contribution in [0.25, 0.3) is 16.6 Å². The van der Waals surface area contributed by atoms with Gasteiger partial charge in [-0.1, -0.05) is 23.9 Å². The third-order valence-electron chi connectivity index (χ3n) is 5.76. The molecular weight excluding hydrogens is 424 g/mol. The molecule has 0 aliphatic carbocycles. The van der Waals surface area contributed by atoms with Crippen LogP contribution in [0, 0.1) is 6.92 Å². The van der Waals surface area contributed by atoms with Crippen LogP contribution in [0.15, 0.2) is 53.7 Å². The number of carbonyl (C=O) groups is 2. The molecule has 0 bridgehead atoms. The van der Waals surface area contributed by atoms with Gasteiger partial charge in [0.15, 0.2) is 10.8 Å². The highest BCUT2D eigenvalue weighted by molar-refractivity contribution is 7.99. The molecule has 5 rings (SSSR count). The van der Waals surface area contributed by atoms with E-state index in [4.69, 9.17) is 4.74 Å². The number of pyridine rings is 1. The minimum absolute atomic E-state index is 0.197. The average molecular weight is 447 g/mol. The molecule has 0 saturated heterocycles. The minimum atomic E-state index is -0.197. The van der Waals surface area contributed by atoms with Gasteiger partial charge < -0.3 is 4.74 Å². The van der Waals surface area contributed by atoms with Gasteiger partial charge in [0.2, 0.25) is 0 Å². The van der Waals surface area contributed by atoms with Crippen LogP contribution >= 0.6 is 11.8 Å². The summed E-state index contributed by atoms with van der Waals surface area (Å²) in [5, 5.41) is 10.7. The van der Waals surface area contributed by atoms with Gasteiger partial charge in [-0.2, -0.15) is 0 Å². The fourth-order valence-electron chi connectivity index (χ4n) is 4.10. The van der Waals surface area contributed by atoms with E-state index in [2.05, 4.69) is 27.6 Å². The molecule has 2 amide bonds. The number of ether oxygens (including phenoxy) is 1. The topological polar surface area (TPSA) is 76.8 Å². The summed E-state index contributed by atoms with van der Waals surface area (Å²) in [6.07, 6.45) is 1.59. The number of rotatable bonds is 7. The van der Waals surface area contributed by atoms with Gasteiger partial charge in [-0.25, -0.2) is 0 Å². The summed E-state index contributed by atoms with van der Waals surface area (Å²) in [5.74, 6) is 1.20. The molecule has 7 nitrogen and oxygen atoms in total. The molecule has 0 spiro atoms. The first-order valence-electron chi connectivity index (χ1n) is 10.5. The Morgan fingerprint density at radius 1 is 0.969 bits per heavy atom. The molecule has 1 aliphatic rings. The number of imide groups is 1. The van der Waals surface area contributed by atoms with Crippen molar-refractivity contribution in [1.29, 1.82) is 0 Å². The van der Waals surface area contributed by atoms with Crippen LogP contribution < -0.4 is 4.74 Å². The Morgan fingerprint density at radius 2 is 1.72 bits per heavy atom. The standard InChI is InChI=1S/C24H22N4O3S/c1-15-13-21-25-26-24(28(21)20-14-16(31-2)9-10-17(15)20)32-12-6-5-11-27-22(29)18-7-3-4-8-19(18)23(27)30/h3-4,7-10,13-14H,5-6,11-12H2,1-2H3. The van der Waals surface area contributed by atoms with Gasteiger partial charge >= 0.3 is 0 Å². The number of hydrogen-bond donors (Lipinski definition) is 0. The van der Waals surface area contributed by atoms with Gasteiger partial charge in [0.25, 0.3) is 11.8 Å². The number of carbonyl (C=O) groups excluding carboxylic acids is 2. The van der Waals surface area contributed by atoms with E-state index in [0.29, 0.717) is 17.7 Å². The van der Waals surface area contributed by atoms with E-state index >= 15 is 0 Å². The van der Waals surface area contributed by atoms with E-state index < -0.39 is 0 Å². The lowest BCUT2D eigenvalue weighted by Crippen LogP contribution is -2.30. The molecular formula is C24H22N4O3S. The van der Waals surface area contributed by atoms with Gasteiger partial charge in [0.05, 0.1) is 23.8 Å². The molecule has 2 aromatic carbocycles. The van der Waals surface area contributed by atoms with E-state index in [9.17, 15) is 9.59 Å². The van der Waals surface area contributed by atoms with Crippen molar-refractivity contribution in [2.75, 3.05) is 19.4 Å². The normalized spacial score (nSPS) is 13.4. The summed E-state index contributed by atoms with van der Waals surface area (Å²) < 4.78 is 7.46. The molecule has 0 saturated carbocycles. The van der Waals surface area contributed by atoms with Crippen molar-refractivity contribution >= 4 is 40.1 Å². The zero-order chi connectivity index (χ0) is 22.2. The Morgan fingerprint density at radius 3 is 2.44 bits per heavy atom. The molecule has 4 aromatic rings. The number of aromatic nitrogens is 3. The van der Waals surface area contributed by atoms with Crippen molar-refractivity contribution in [2.24, 2.45) is 0 Å². The van der Waals surface area contributed by atoms with E-state index in [1.807, 2.05) is 18.2 Å². The van der Waals surface area contributed by atoms with Crippen molar-refractivity contribution in [3.8, 4) is 5.75 Å². The molecule has 1 aliphatic heterocycles. The quantitative estimate of drug-likeness (QED) is 0.238. The summed E-state index contributed by atoms with van der Waals surface area (Å²) in [4.78, 5) is 26.3. The first-order chi connectivity index (χ1) is 15.6. The number of thioether (sulfide) groups is 1. The molecule has 8 heteroatoms. The SMILES string of the molecule is COc1ccc2c(C)cc3nnc(SCCCCN4C(=O)c5ccccc5C4=O)n3c2c1. The summed E-state index contributed by atoms with van der Waals surface area (Å²) in [6.45, 7) is 2.49. The number of methoxy groups -OCH3 is 1. The second kappa shape index (κ2) is 8.27. The predicted molar refractivity (Wildman–Crippen MR) is 124 cm³/mol. The van der Waals surface area contributed by atoms with E-state index in [-0.39, 0.29) is 11.8 Å². The maximum atomic E-state index is 12.5. The van der Waals surface area contributed by atoms with Gasteiger partial charge in [0.1, 0.15) is 5.75 Å². The largest absolute Gasteiger partial charge is 0.497 e. The van der Waals surface area contributed by atoms with Crippen molar-refractivity contribution in [3.05, 3.63) is 65.2 Å². The van der Waals surface area contributed by atoms with Crippen LogP contribution in [0.5, 0.6) is 5.75 Å². The monoisotopic (exact) mass is 446 g/mol. The van der Waals surface area contributed by atoms with Crippen LogP contribution in [0.1, 0.15) is 39.1 Å². The third kappa shape index (κ3) is 3.40. The number of hydrogen-bond acceptors (Lipinski definition) is 6. The van der Waals surface area contributed by atoms with Crippen molar-refractivity contribution in [1.82, 2.24) is 19.5 Å². The lowest BCUT2D eigenvalue weighted by molar-refractivity contribution is 0.0652. The van der Waals surface area contributed by atoms with Crippen molar-refractivity contribution in [2.45, 2.75) is 24.9 Å². The Labute approximate surface area is 189 Å². The van der Waals surface area contributed by atoms with E-state index in [1.54, 1.807) is 43.1 Å². The Kier molecular flexibility index (Phi) is 5.30. The number of aryl methyl sites for hydroxylation is 1. The third-order valence-corrected chi connectivity index (χ3v) is 6.78. The molecule has 0 atom stereocenters. The average Bonchev–Trinajstić information content (AvgIpc) is 3.32. The maximum absolute atomic E-state index is 12.5. The zero-order valence-electron chi connectivity index (χ0n) is 17.9. The highest BCUT2D eigenvalue weighted by Gasteiger charge is 2.34. The van der Waals surface area contributed by atoms with E-state index in [1.165, 1.54) is 4.90 Å². The van der Waals surface area contributed by atoms with Gasteiger partial charge in [0, 0.05) is 23.8 Å². The molecule has 162 valence electrons. The Bertz CT molecular complexity index is 1330. The number of unbranched alkanes of at least 4 members (excludes halogenated alkanes) is 1. The van der Waals surface area contributed by atoms with Gasteiger partial charge in [-0.05, 0) is 55.7 Å². The van der Waals surface area contributed by atoms with Crippen LogP contribution in [0.4, 0.5) is 0 Å². The van der Waals surface area contributed by atoms with E-state index in [0.717, 1.165) is 51.6 Å². The number of nitrogens with zero attached hydrogens (tertiary/aromatic N) is 4. The zero-order valence-corrected chi connectivity index (χ0v) is 18.7. The number of amides is 2. The number of benzene rings is 2. The maximum Gasteiger partial charge on any atom is 0.261 e. The molecule has 0 unspecified atom stereocenters. The number of fused-ring (bicyclic) bond motifs is 4. The van der Waals surface area contributed by atoms with Gasteiger partial charge in [-0.3, -0.25) is 18.9 Å². The first kappa shape index (κ1) is 20.5. The van der Waals surface area contributed by atoms with Crippen LogP contribution in [0.2, 0.25) is 0 Å². The highest BCUT2D eigenvalue weighted by atomic mass is 32.2. The second-order valence-electron chi connectivity index (χ2n) is 7.75. The molecule has 32 heavy (non-hydrogen) atoms. The summed E-state index contributed by atoms with van der Waals surface area (Å²) >= 11 is 1.62. The van der Waals surface area contributed by atoms with Crippen LogP contribution in [-0.2, 0) is 0 Å². The molecule has 0 N–H and O–H groups in total. The van der Waals surface area contributed by atoms with Crippen LogP contribution in [0.3, 0.4) is 0 Å². The summed E-state index contributed by atoms with van der Waals surface area (Å²) in [6, 6.07) is 15.0. The van der Waals surface area contributed by atoms with Crippen LogP contribution in [-0.4, -0.2) is 50.7 Å². The predicted octanol–water partition coefficient (Wildman–Crippen LogP) is 4.37. The Hall–Kier alpha value is -3.39. The summed E-state index contributed by atoms with van der Waals surface area (Å²) in [7, 11) is 1.66. The smallest absolute Gasteiger partial charge is 0.261 e. The van der Waals surface area contributed by atoms with Crippen molar-refractivity contribution < 1.29 is 14.3 Å². The van der Waals surface area contributed by atoms with Gasteiger partial charge in [-0.15, -0.1) is 10.2 Å². The lowest BCUT2D eigenvalue weighted by atomic mass is 10.1. The van der Waals surface area contributed by atoms with Crippen molar-refractivity contribution in [3.63, 3.8) is 0 Å². The molecule has 0 fully saturated rings. The highest BCUT2D eigenvalue weighted by Crippen LogP contribution is 2.29. The lowest BCUT2D eigenvalue weighted by Gasteiger charge is -2.13. The fourth-order valence-corrected chi connectivity index (χ4v) is 5.05. The molecule has 0 radical (unpaired) electrons. The molecule has 3 heterocycles. The molecule has 2 aromatic heterocycles. The minimum Gasteiger partial charge on any atom is -0.497 e. The summed E-state index contributed by atoms with van der Waals surface area (Å²) in [5.41, 5.74) is 3.95. The Balaban J connectivity index is 1.26. The second-order valence-corrected chi connectivity index (χ2v) is 8.81. The first-order valence-corrected chi connectivity index (χ1v) is 11.5. The fraction of sp³-hybridized carbons (Fsp3) is 0.250.